The normalized spacial score (nSPS) is 13.0. The highest BCUT2D eigenvalue weighted by Crippen LogP contribution is 2.39. The lowest BCUT2D eigenvalue weighted by molar-refractivity contribution is 0.423. The molecule has 4 heteroatoms. The van der Waals surface area contributed by atoms with Gasteiger partial charge in [-0.2, -0.15) is 5.10 Å². The Morgan fingerprint density at radius 1 is 0.893 bits per heavy atom. The molecule has 0 aliphatic heterocycles. The van der Waals surface area contributed by atoms with Crippen LogP contribution in [-0.4, -0.2) is 21.0 Å². The summed E-state index contributed by atoms with van der Waals surface area (Å²) in [7, 11) is 0. The second-order valence-electron chi connectivity index (χ2n) is 9.72. The molecule has 0 aliphatic rings. The van der Waals surface area contributed by atoms with Gasteiger partial charge in [-0.3, -0.25) is 0 Å². The first-order chi connectivity index (χ1) is 12.9. The number of aromatic nitrogens is 2. The number of hydrogen-bond acceptors (Lipinski definition) is 3. The summed E-state index contributed by atoms with van der Waals surface area (Å²) in [6.07, 6.45) is 3.59. The lowest BCUT2D eigenvalue weighted by atomic mass is 9.78. The summed E-state index contributed by atoms with van der Waals surface area (Å²) in [4.78, 5) is 4.47. The van der Waals surface area contributed by atoms with E-state index in [4.69, 9.17) is 0 Å². The second-order valence-corrected chi connectivity index (χ2v) is 9.72. The maximum atomic E-state index is 10.9. The summed E-state index contributed by atoms with van der Waals surface area (Å²) in [6.45, 7) is 16.9. The van der Waals surface area contributed by atoms with Crippen LogP contribution in [0, 0.1) is 13.8 Å². The van der Waals surface area contributed by atoms with Crippen LogP contribution in [0.5, 0.6) is 5.75 Å². The lowest BCUT2D eigenvalue weighted by Crippen LogP contribution is -2.17. The number of hydrogen-bond donors (Lipinski definition) is 1. The van der Waals surface area contributed by atoms with Gasteiger partial charge in [-0.05, 0) is 65.6 Å². The molecule has 0 fully saturated rings. The topological polar surface area (TPSA) is 50.4 Å². The minimum absolute atomic E-state index is 0.162. The summed E-state index contributed by atoms with van der Waals surface area (Å²) in [5.74, 6) is 0.385. The van der Waals surface area contributed by atoms with Gasteiger partial charge in [0.1, 0.15) is 12.1 Å². The van der Waals surface area contributed by atoms with Crippen LogP contribution in [0.25, 0.3) is 11.0 Å². The van der Waals surface area contributed by atoms with Crippen LogP contribution >= 0.6 is 0 Å². The van der Waals surface area contributed by atoms with E-state index in [0.717, 1.165) is 27.7 Å². The third-order valence-electron chi connectivity index (χ3n) is 5.22. The Morgan fingerprint density at radius 3 is 1.96 bits per heavy atom. The Morgan fingerprint density at radius 2 is 1.43 bits per heavy atom. The molecule has 28 heavy (non-hydrogen) atoms. The Balaban J connectivity index is 2.11. The average molecular weight is 378 g/mol. The third-order valence-corrected chi connectivity index (χ3v) is 5.22. The number of imidazole rings is 1. The molecule has 3 aromatic rings. The Kier molecular flexibility index (Phi) is 4.86. The van der Waals surface area contributed by atoms with E-state index in [2.05, 4.69) is 77.6 Å². The van der Waals surface area contributed by atoms with Crippen LogP contribution in [0.15, 0.2) is 35.7 Å². The number of benzene rings is 2. The molecule has 0 radical (unpaired) electrons. The van der Waals surface area contributed by atoms with Gasteiger partial charge in [-0.1, -0.05) is 41.5 Å². The molecule has 0 unspecified atom stereocenters. The number of nitrogens with zero attached hydrogens (tertiary/aromatic N) is 3. The monoisotopic (exact) mass is 377 g/mol. The Bertz CT molecular complexity index is 1020. The first kappa shape index (κ1) is 20.1. The second kappa shape index (κ2) is 6.77. The first-order valence-electron chi connectivity index (χ1n) is 9.74. The Hall–Kier alpha value is -2.62. The number of fused-ring (bicyclic) bond motifs is 1. The molecular formula is C24H31N3O. The van der Waals surface area contributed by atoms with Gasteiger partial charge < -0.3 is 5.11 Å². The summed E-state index contributed by atoms with van der Waals surface area (Å²) in [6, 6.07) is 8.27. The van der Waals surface area contributed by atoms with E-state index in [1.54, 1.807) is 6.33 Å². The molecule has 4 nitrogen and oxygen atoms in total. The van der Waals surface area contributed by atoms with Crippen molar-refractivity contribution in [3.63, 3.8) is 0 Å². The summed E-state index contributed by atoms with van der Waals surface area (Å²) in [5.41, 5.74) is 6.89. The predicted molar refractivity (Wildman–Crippen MR) is 118 cm³/mol. The average Bonchev–Trinajstić information content (AvgIpc) is 2.94. The minimum atomic E-state index is -0.162. The highest BCUT2D eigenvalue weighted by Gasteiger charge is 2.26. The SMILES string of the molecule is Cc1cc2ncn(/N=C/c3cc(C(C)(C)C)c(O)c(C(C)(C)C)c3)c2cc1C. The molecule has 3 rings (SSSR count). The van der Waals surface area contributed by atoms with Crippen molar-refractivity contribution >= 4 is 17.2 Å². The first-order valence-corrected chi connectivity index (χ1v) is 9.74. The highest BCUT2D eigenvalue weighted by atomic mass is 16.3. The number of phenolic OH excluding ortho intramolecular Hbond substituents is 1. The molecule has 1 heterocycles. The predicted octanol–water partition coefficient (Wildman–Crippen LogP) is 5.84. The van der Waals surface area contributed by atoms with Crippen molar-refractivity contribution in [2.24, 2.45) is 5.10 Å². The van der Waals surface area contributed by atoms with E-state index in [0.29, 0.717) is 5.75 Å². The van der Waals surface area contributed by atoms with E-state index in [9.17, 15) is 5.11 Å². The van der Waals surface area contributed by atoms with Gasteiger partial charge in [0, 0.05) is 11.1 Å². The molecule has 2 aromatic carbocycles. The van der Waals surface area contributed by atoms with Gasteiger partial charge in [0.25, 0.3) is 0 Å². The van der Waals surface area contributed by atoms with Crippen molar-refractivity contribution < 1.29 is 5.11 Å². The zero-order chi connectivity index (χ0) is 20.9. The highest BCUT2D eigenvalue weighted by molar-refractivity contribution is 5.83. The van der Waals surface area contributed by atoms with Crippen molar-refractivity contribution in [2.75, 3.05) is 0 Å². The number of phenols is 1. The zero-order valence-electron chi connectivity index (χ0n) is 18.3. The van der Waals surface area contributed by atoms with Gasteiger partial charge in [-0.15, -0.1) is 0 Å². The lowest BCUT2D eigenvalue weighted by Gasteiger charge is -2.27. The van der Waals surface area contributed by atoms with Crippen LogP contribution in [0.2, 0.25) is 0 Å². The van der Waals surface area contributed by atoms with E-state index < -0.39 is 0 Å². The standard InChI is InChI=1S/C24H31N3O/c1-15-9-20-21(10-16(15)2)27(14-25-20)26-13-17-11-18(23(3,4)5)22(28)19(12-17)24(6,7)8/h9-14,28H,1-8H3/b26-13+. The van der Waals surface area contributed by atoms with Crippen molar-refractivity contribution in [1.82, 2.24) is 9.66 Å². The fourth-order valence-electron chi connectivity index (χ4n) is 3.35. The van der Waals surface area contributed by atoms with Crippen LogP contribution in [0.1, 0.15) is 69.4 Å². The number of rotatable bonds is 2. The van der Waals surface area contributed by atoms with Crippen molar-refractivity contribution in [2.45, 2.75) is 66.2 Å². The van der Waals surface area contributed by atoms with Crippen LogP contribution < -0.4 is 0 Å². The molecule has 0 spiro atoms. The van der Waals surface area contributed by atoms with Gasteiger partial charge >= 0.3 is 0 Å². The molecular weight excluding hydrogens is 346 g/mol. The van der Waals surface area contributed by atoms with Crippen molar-refractivity contribution in [3.8, 4) is 5.75 Å². The van der Waals surface area contributed by atoms with Crippen molar-refractivity contribution in [3.05, 3.63) is 58.4 Å². The molecule has 148 valence electrons. The van der Waals surface area contributed by atoms with E-state index in [1.807, 2.05) is 23.0 Å². The molecule has 0 atom stereocenters. The van der Waals surface area contributed by atoms with E-state index in [-0.39, 0.29) is 10.8 Å². The quantitative estimate of drug-likeness (QED) is 0.571. The van der Waals surface area contributed by atoms with E-state index in [1.165, 1.54) is 11.1 Å². The third kappa shape index (κ3) is 3.82. The van der Waals surface area contributed by atoms with Crippen molar-refractivity contribution in [1.29, 1.82) is 0 Å². The smallest absolute Gasteiger partial charge is 0.123 e. The molecule has 0 aliphatic carbocycles. The summed E-state index contributed by atoms with van der Waals surface area (Å²) >= 11 is 0. The molecule has 0 saturated heterocycles. The van der Waals surface area contributed by atoms with Crippen LogP contribution in [0.3, 0.4) is 0 Å². The van der Waals surface area contributed by atoms with Gasteiger partial charge in [0.05, 0.1) is 17.2 Å². The largest absolute Gasteiger partial charge is 0.507 e. The fourth-order valence-corrected chi connectivity index (χ4v) is 3.35. The summed E-state index contributed by atoms with van der Waals surface area (Å²) in [5, 5.41) is 15.5. The molecule has 0 amide bonds. The van der Waals surface area contributed by atoms with Gasteiger partial charge in [-0.25, -0.2) is 9.66 Å². The maximum Gasteiger partial charge on any atom is 0.123 e. The van der Waals surface area contributed by atoms with Crippen LogP contribution in [-0.2, 0) is 10.8 Å². The molecule has 0 bridgehead atoms. The Labute approximate surface area is 167 Å². The van der Waals surface area contributed by atoms with Gasteiger partial charge in [0.15, 0.2) is 0 Å². The van der Waals surface area contributed by atoms with Crippen LogP contribution in [0.4, 0.5) is 0 Å². The molecule has 0 saturated carbocycles. The van der Waals surface area contributed by atoms with E-state index >= 15 is 0 Å². The minimum Gasteiger partial charge on any atom is -0.507 e. The molecule has 1 N–H and O–H groups in total. The zero-order valence-corrected chi connectivity index (χ0v) is 18.3. The number of aromatic hydroxyl groups is 1. The molecule has 1 aromatic heterocycles. The number of aryl methyl sites for hydroxylation is 2. The fraction of sp³-hybridized carbons (Fsp3) is 0.417. The maximum absolute atomic E-state index is 10.9. The summed E-state index contributed by atoms with van der Waals surface area (Å²) < 4.78 is 1.81. The van der Waals surface area contributed by atoms with Gasteiger partial charge in [0.2, 0.25) is 0 Å².